The SMILES string of the molecule is C=CCOc1ccc(CNCCNC(=O)c2nonc2N)cc1.[Cl-]. The number of aromatic nitrogens is 2. The molecule has 8 nitrogen and oxygen atoms in total. The number of nitrogens with two attached hydrogens (primary N) is 1. The van der Waals surface area contributed by atoms with Gasteiger partial charge in [-0.05, 0) is 28.0 Å². The van der Waals surface area contributed by atoms with E-state index in [1.165, 1.54) is 0 Å². The summed E-state index contributed by atoms with van der Waals surface area (Å²) in [4.78, 5) is 11.7. The third-order valence-electron chi connectivity index (χ3n) is 2.94. The van der Waals surface area contributed by atoms with Crippen molar-refractivity contribution in [3.63, 3.8) is 0 Å². The van der Waals surface area contributed by atoms with Crippen LogP contribution in [0.25, 0.3) is 0 Å². The molecule has 0 aliphatic heterocycles. The number of carbonyl (C=O) groups is 1. The van der Waals surface area contributed by atoms with Gasteiger partial charge in [0.2, 0.25) is 11.5 Å². The summed E-state index contributed by atoms with van der Waals surface area (Å²) < 4.78 is 9.78. The molecule has 1 amide bonds. The van der Waals surface area contributed by atoms with E-state index in [0.29, 0.717) is 26.2 Å². The summed E-state index contributed by atoms with van der Waals surface area (Å²) in [6, 6.07) is 7.77. The van der Waals surface area contributed by atoms with Crippen LogP contribution in [0.15, 0.2) is 41.5 Å². The third-order valence-corrected chi connectivity index (χ3v) is 2.94. The van der Waals surface area contributed by atoms with E-state index in [1.54, 1.807) is 6.08 Å². The van der Waals surface area contributed by atoms with E-state index < -0.39 is 5.91 Å². The van der Waals surface area contributed by atoms with Gasteiger partial charge in [0.15, 0.2) is 0 Å². The quantitative estimate of drug-likeness (QED) is 0.344. The Morgan fingerprint density at radius 3 is 2.67 bits per heavy atom. The number of nitrogens with one attached hydrogen (secondary N) is 2. The predicted molar refractivity (Wildman–Crippen MR) is 84.9 cm³/mol. The number of anilines is 1. The molecule has 2 rings (SSSR count). The second-order valence-electron chi connectivity index (χ2n) is 4.67. The zero-order valence-corrected chi connectivity index (χ0v) is 13.8. The molecule has 1 aromatic carbocycles. The molecule has 1 aromatic heterocycles. The second-order valence-corrected chi connectivity index (χ2v) is 4.67. The number of rotatable bonds is 9. The maximum atomic E-state index is 11.7. The molecule has 2 aromatic rings. The third kappa shape index (κ3) is 5.90. The minimum absolute atomic E-state index is 0. The molecule has 0 unspecified atom stereocenters. The molecule has 0 aliphatic carbocycles. The summed E-state index contributed by atoms with van der Waals surface area (Å²) in [7, 11) is 0. The smallest absolute Gasteiger partial charge is 0.277 e. The molecule has 9 heteroatoms. The number of ether oxygens (including phenoxy) is 1. The lowest BCUT2D eigenvalue weighted by molar-refractivity contribution is -0.0000141. The fourth-order valence-electron chi connectivity index (χ4n) is 1.79. The number of carbonyl (C=O) groups excluding carboxylic acids is 1. The van der Waals surface area contributed by atoms with Gasteiger partial charge in [0, 0.05) is 19.6 Å². The molecular weight excluding hydrogens is 334 g/mol. The summed E-state index contributed by atoms with van der Waals surface area (Å²) in [5, 5.41) is 12.7. The van der Waals surface area contributed by atoms with E-state index in [4.69, 9.17) is 10.5 Å². The predicted octanol–water partition coefficient (Wildman–Crippen LogP) is -2.26. The van der Waals surface area contributed by atoms with Gasteiger partial charge in [0.25, 0.3) is 5.91 Å². The van der Waals surface area contributed by atoms with Crippen molar-refractivity contribution in [3.05, 3.63) is 48.2 Å². The van der Waals surface area contributed by atoms with E-state index in [0.717, 1.165) is 11.3 Å². The Hall–Kier alpha value is -2.58. The summed E-state index contributed by atoms with van der Waals surface area (Å²) >= 11 is 0. The van der Waals surface area contributed by atoms with E-state index in [2.05, 4.69) is 32.2 Å². The highest BCUT2D eigenvalue weighted by molar-refractivity contribution is 5.95. The molecule has 0 spiro atoms. The Morgan fingerprint density at radius 1 is 1.29 bits per heavy atom. The van der Waals surface area contributed by atoms with Crippen molar-refractivity contribution in [2.45, 2.75) is 6.54 Å². The first-order valence-electron chi connectivity index (χ1n) is 7.10. The molecule has 130 valence electrons. The zero-order valence-electron chi connectivity index (χ0n) is 13.0. The molecule has 24 heavy (non-hydrogen) atoms. The maximum Gasteiger partial charge on any atom is 0.277 e. The van der Waals surface area contributed by atoms with Gasteiger partial charge in [0.05, 0.1) is 0 Å². The van der Waals surface area contributed by atoms with Crippen molar-refractivity contribution in [1.29, 1.82) is 0 Å². The Bertz CT molecular complexity index is 645. The van der Waals surface area contributed by atoms with Crippen LogP contribution in [0.1, 0.15) is 16.1 Å². The molecular formula is C15H19ClN5O3-. The molecule has 0 saturated heterocycles. The Morgan fingerprint density at radius 2 is 2.04 bits per heavy atom. The van der Waals surface area contributed by atoms with E-state index in [9.17, 15) is 4.79 Å². The first-order valence-corrected chi connectivity index (χ1v) is 7.10. The fraction of sp³-hybridized carbons (Fsp3) is 0.267. The summed E-state index contributed by atoms with van der Waals surface area (Å²) in [6.07, 6.45) is 1.70. The largest absolute Gasteiger partial charge is 1.00 e. The van der Waals surface area contributed by atoms with Crippen LogP contribution in [0.5, 0.6) is 5.75 Å². The van der Waals surface area contributed by atoms with Crippen molar-refractivity contribution in [3.8, 4) is 5.75 Å². The minimum Gasteiger partial charge on any atom is -1.00 e. The number of nitrogen functional groups attached to an aromatic ring is 1. The lowest BCUT2D eigenvalue weighted by atomic mass is 10.2. The van der Waals surface area contributed by atoms with Crippen molar-refractivity contribution in [2.75, 3.05) is 25.4 Å². The van der Waals surface area contributed by atoms with Crippen molar-refractivity contribution in [1.82, 2.24) is 20.9 Å². The number of hydrogen-bond acceptors (Lipinski definition) is 7. The highest BCUT2D eigenvalue weighted by atomic mass is 35.5. The van der Waals surface area contributed by atoms with Crippen LogP contribution in [-0.2, 0) is 6.54 Å². The molecule has 0 atom stereocenters. The van der Waals surface area contributed by atoms with Gasteiger partial charge in [-0.2, -0.15) is 0 Å². The molecule has 1 heterocycles. The first kappa shape index (κ1) is 19.5. The standard InChI is InChI=1S/C15H19N5O3.ClH/c1-2-9-22-12-5-3-11(4-6-12)10-17-7-8-18-15(21)13-14(16)20-23-19-13;/h2-6,17H,1,7-10H2,(H2,16,20)(H,18,21);1H/p-1. The average Bonchev–Trinajstić information content (AvgIpc) is 2.99. The zero-order chi connectivity index (χ0) is 16.5. The molecule has 0 bridgehead atoms. The molecule has 0 aliphatic rings. The van der Waals surface area contributed by atoms with Gasteiger partial charge in [-0.1, -0.05) is 24.8 Å². The van der Waals surface area contributed by atoms with Crippen LogP contribution in [0.2, 0.25) is 0 Å². The van der Waals surface area contributed by atoms with E-state index in [1.807, 2.05) is 24.3 Å². The van der Waals surface area contributed by atoms with Crippen LogP contribution in [0, 0.1) is 0 Å². The van der Waals surface area contributed by atoms with Gasteiger partial charge in [-0.15, -0.1) is 0 Å². The van der Waals surface area contributed by atoms with Gasteiger partial charge in [0.1, 0.15) is 12.4 Å². The second kappa shape index (κ2) is 10.2. The molecule has 0 saturated carbocycles. The van der Waals surface area contributed by atoms with Crippen LogP contribution in [-0.4, -0.2) is 35.9 Å². The lowest BCUT2D eigenvalue weighted by Crippen LogP contribution is -3.00. The molecule has 4 N–H and O–H groups in total. The highest BCUT2D eigenvalue weighted by Crippen LogP contribution is 2.11. The summed E-state index contributed by atoms with van der Waals surface area (Å²) in [5.74, 6) is 0.378. The maximum absolute atomic E-state index is 11.7. The van der Waals surface area contributed by atoms with E-state index >= 15 is 0 Å². The van der Waals surface area contributed by atoms with Crippen LogP contribution < -0.4 is 33.5 Å². The average molecular weight is 353 g/mol. The Kier molecular flexibility index (Phi) is 8.31. The number of nitrogens with zero attached hydrogens (tertiary/aromatic N) is 2. The molecule has 0 fully saturated rings. The van der Waals surface area contributed by atoms with Crippen LogP contribution >= 0.6 is 0 Å². The Labute approximate surface area is 145 Å². The number of halogens is 1. The topological polar surface area (TPSA) is 115 Å². The lowest BCUT2D eigenvalue weighted by Gasteiger charge is -2.07. The normalized spacial score (nSPS) is 9.83. The van der Waals surface area contributed by atoms with Crippen molar-refractivity contribution in [2.24, 2.45) is 0 Å². The van der Waals surface area contributed by atoms with Gasteiger partial charge in [-0.3, -0.25) is 4.79 Å². The number of amides is 1. The highest BCUT2D eigenvalue weighted by Gasteiger charge is 2.14. The van der Waals surface area contributed by atoms with Crippen LogP contribution in [0.4, 0.5) is 5.82 Å². The van der Waals surface area contributed by atoms with Gasteiger partial charge < -0.3 is 33.5 Å². The Balaban J connectivity index is 0.00000288. The minimum atomic E-state index is -0.408. The summed E-state index contributed by atoms with van der Waals surface area (Å²) in [5.41, 5.74) is 6.55. The van der Waals surface area contributed by atoms with E-state index in [-0.39, 0.29) is 23.9 Å². The first-order chi connectivity index (χ1) is 11.2. The monoisotopic (exact) mass is 352 g/mol. The van der Waals surface area contributed by atoms with Crippen molar-refractivity contribution < 1.29 is 26.6 Å². The van der Waals surface area contributed by atoms with Gasteiger partial charge in [-0.25, -0.2) is 4.63 Å². The van der Waals surface area contributed by atoms with Crippen LogP contribution in [0.3, 0.4) is 0 Å². The van der Waals surface area contributed by atoms with Crippen molar-refractivity contribution >= 4 is 11.7 Å². The fourth-order valence-corrected chi connectivity index (χ4v) is 1.79. The van der Waals surface area contributed by atoms with Gasteiger partial charge >= 0.3 is 0 Å². The molecule has 0 radical (unpaired) electrons. The number of hydrogen-bond donors (Lipinski definition) is 3. The number of benzene rings is 1. The summed E-state index contributed by atoms with van der Waals surface area (Å²) in [6.45, 7) is 5.81.